The molecule has 6 heteroatoms. The van der Waals surface area contributed by atoms with Gasteiger partial charge in [0.25, 0.3) is 0 Å². The second-order valence-corrected chi connectivity index (χ2v) is 3.83. The summed E-state index contributed by atoms with van der Waals surface area (Å²) in [6, 6.07) is 4.81. The predicted molar refractivity (Wildman–Crippen MR) is 86.6 cm³/mol. The molecule has 0 unspecified atom stereocenters. The van der Waals surface area contributed by atoms with Crippen LogP contribution >= 0.6 is 24.0 Å². The molecule has 108 valence electrons. The number of aliphatic imine (C=N–C) groups is 1. The van der Waals surface area contributed by atoms with E-state index >= 15 is 0 Å². The molecule has 19 heavy (non-hydrogen) atoms. The highest BCUT2D eigenvalue weighted by atomic mass is 127. The molecule has 0 aliphatic heterocycles. The Kier molecular flexibility index (Phi) is 9.28. The zero-order valence-electron chi connectivity index (χ0n) is 11.3. The number of nitrogens with two attached hydrogens (primary N) is 1. The highest BCUT2D eigenvalue weighted by Gasteiger charge is 2.03. The molecule has 0 saturated heterocycles. The first-order valence-corrected chi connectivity index (χ1v) is 6.12. The molecule has 0 heterocycles. The SMILES string of the molecule is CCCNC(N)=NCc1ccc(OCC)c(F)c1.I. The van der Waals surface area contributed by atoms with E-state index in [-0.39, 0.29) is 35.5 Å². The van der Waals surface area contributed by atoms with Crippen molar-refractivity contribution in [2.75, 3.05) is 13.2 Å². The molecular weight excluding hydrogens is 360 g/mol. The van der Waals surface area contributed by atoms with Crippen LogP contribution in [0.1, 0.15) is 25.8 Å². The lowest BCUT2D eigenvalue weighted by atomic mass is 10.2. The lowest BCUT2D eigenvalue weighted by Gasteiger charge is -2.06. The van der Waals surface area contributed by atoms with E-state index in [9.17, 15) is 4.39 Å². The van der Waals surface area contributed by atoms with Crippen molar-refractivity contribution in [2.45, 2.75) is 26.8 Å². The second-order valence-electron chi connectivity index (χ2n) is 3.83. The Hall–Kier alpha value is -1.05. The maximum absolute atomic E-state index is 13.5. The van der Waals surface area contributed by atoms with Gasteiger partial charge in [0.15, 0.2) is 17.5 Å². The fraction of sp³-hybridized carbons (Fsp3) is 0.462. The molecule has 1 aromatic rings. The van der Waals surface area contributed by atoms with Crippen LogP contribution in [-0.4, -0.2) is 19.1 Å². The van der Waals surface area contributed by atoms with Crippen molar-refractivity contribution in [1.29, 1.82) is 0 Å². The van der Waals surface area contributed by atoms with Gasteiger partial charge in [-0.25, -0.2) is 9.38 Å². The molecule has 1 rings (SSSR count). The maximum atomic E-state index is 13.5. The summed E-state index contributed by atoms with van der Waals surface area (Å²) in [6.07, 6.45) is 0.980. The van der Waals surface area contributed by atoms with E-state index in [1.807, 2.05) is 13.8 Å². The summed E-state index contributed by atoms with van der Waals surface area (Å²) in [5.41, 5.74) is 6.41. The summed E-state index contributed by atoms with van der Waals surface area (Å²) in [5, 5.41) is 2.96. The van der Waals surface area contributed by atoms with Gasteiger partial charge in [-0.1, -0.05) is 13.0 Å². The monoisotopic (exact) mass is 381 g/mol. The Morgan fingerprint density at radius 2 is 2.16 bits per heavy atom. The van der Waals surface area contributed by atoms with Crippen LogP contribution in [0.4, 0.5) is 4.39 Å². The molecule has 3 N–H and O–H groups in total. The third kappa shape index (κ3) is 6.60. The lowest BCUT2D eigenvalue weighted by molar-refractivity contribution is 0.321. The van der Waals surface area contributed by atoms with Gasteiger partial charge in [0, 0.05) is 6.54 Å². The highest BCUT2D eigenvalue weighted by Crippen LogP contribution is 2.18. The predicted octanol–water partition coefficient (Wildman–Crippen LogP) is 2.66. The van der Waals surface area contributed by atoms with E-state index in [1.54, 1.807) is 12.1 Å². The van der Waals surface area contributed by atoms with Crippen LogP contribution < -0.4 is 15.8 Å². The third-order valence-corrected chi connectivity index (χ3v) is 2.28. The number of halogens is 2. The first-order chi connectivity index (χ1) is 8.67. The number of rotatable bonds is 6. The zero-order chi connectivity index (χ0) is 13.4. The van der Waals surface area contributed by atoms with Crippen molar-refractivity contribution < 1.29 is 9.13 Å². The Balaban J connectivity index is 0.00000324. The molecule has 0 bridgehead atoms. The van der Waals surface area contributed by atoms with E-state index < -0.39 is 0 Å². The second kappa shape index (κ2) is 9.82. The summed E-state index contributed by atoms with van der Waals surface area (Å²) in [7, 11) is 0. The van der Waals surface area contributed by atoms with Gasteiger partial charge in [-0.05, 0) is 31.0 Å². The van der Waals surface area contributed by atoms with Gasteiger partial charge in [-0.3, -0.25) is 0 Å². The van der Waals surface area contributed by atoms with Crippen molar-refractivity contribution >= 4 is 29.9 Å². The van der Waals surface area contributed by atoms with Gasteiger partial charge >= 0.3 is 0 Å². The highest BCUT2D eigenvalue weighted by molar-refractivity contribution is 14.0. The summed E-state index contributed by atoms with van der Waals surface area (Å²) in [4.78, 5) is 4.12. The van der Waals surface area contributed by atoms with Gasteiger partial charge in [-0.15, -0.1) is 24.0 Å². The number of guanidine groups is 1. The van der Waals surface area contributed by atoms with E-state index in [0.29, 0.717) is 19.1 Å². The van der Waals surface area contributed by atoms with Crippen molar-refractivity contribution in [3.63, 3.8) is 0 Å². The molecule has 0 atom stereocenters. The molecule has 0 fully saturated rings. The molecule has 0 aromatic heterocycles. The van der Waals surface area contributed by atoms with Crippen LogP contribution in [-0.2, 0) is 6.54 Å². The van der Waals surface area contributed by atoms with Crippen LogP contribution in [0.3, 0.4) is 0 Å². The molecule has 0 spiro atoms. The minimum Gasteiger partial charge on any atom is -0.491 e. The molecular formula is C13H21FIN3O. The van der Waals surface area contributed by atoms with E-state index in [2.05, 4.69) is 10.3 Å². The molecule has 0 saturated carbocycles. The van der Waals surface area contributed by atoms with E-state index in [4.69, 9.17) is 10.5 Å². The van der Waals surface area contributed by atoms with Gasteiger partial charge < -0.3 is 15.8 Å². The number of hydrogen-bond acceptors (Lipinski definition) is 2. The number of ether oxygens (including phenoxy) is 1. The largest absolute Gasteiger partial charge is 0.491 e. The van der Waals surface area contributed by atoms with Crippen LogP contribution in [0, 0.1) is 5.82 Å². The third-order valence-electron chi connectivity index (χ3n) is 2.28. The summed E-state index contributed by atoms with van der Waals surface area (Å²) < 4.78 is 18.7. The molecule has 0 aliphatic rings. The van der Waals surface area contributed by atoms with Gasteiger partial charge in [0.1, 0.15) is 0 Å². The number of nitrogens with zero attached hydrogens (tertiary/aromatic N) is 1. The zero-order valence-corrected chi connectivity index (χ0v) is 13.6. The lowest BCUT2D eigenvalue weighted by Crippen LogP contribution is -2.32. The van der Waals surface area contributed by atoms with Crippen LogP contribution in [0.25, 0.3) is 0 Å². The topological polar surface area (TPSA) is 59.6 Å². The Morgan fingerprint density at radius 1 is 1.42 bits per heavy atom. The number of hydrogen-bond donors (Lipinski definition) is 2. The van der Waals surface area contributed by atoms with Gasteiger partial charge in [0.2, 0.25) is 0 Å². The van der Waals surface area contributed by atoms with Gasteiger partial charge in [0.05, 0.1) is 13.2 Å². The fourth-order valence-electron chi connectivity index (χ4n) is 1.40. The average Bonchev–Trinajstić information content (AvgIpc) is 2.37. The quantitative estimate of drug-likeness (QED) is 0.453. The summed E-state index contributed by atoms with van der Waals surface area (Å²) >= 11 is 0. The smallest absolute Gasteiger partial charge is 0.188 e. The van der Waals surface area contributed by atoms with Crippen molar-refractivity contribution in [2.24, 2.45) is 10.7 Å². The van der Waals surface area contributed by atoms with Crippen LogP contribution in [0.5, 0.6) is 5.75 Å². The Morgan fingerprint density at radius 3 is 2.74 bits per heavy atom. The van der Waals surface area contributed by atoms with Crippen molar-refractivity contribution in [1.82, 2.24) is 5.32 Å². The van der Waals surface area contributed by atoms with Crippen LogP contribution in [0.15, 0.2) is 23.2 Å². The summed E-state index contributed by atoms with van der Waals surface area (Å²) in [5.74, 6) is 0.276. The minimum absolute atomic E-state index is 0. The molecule has 0 aliphatic carbocycles. The van der Waals surface area contributed by atoms with E-state index in [0.717, 1.165) is 18.5 Å². The molecule has 1 aromatic carbocycles. The standard InChI is InChI=1S/C13H20FN3O.HI/c1-3-7-16-13(15)17-9-10-5-6-12(18-4-2)11(14)8-10;/h5-6,8H,3-4,7,9H2,1-2H3,(H3,15,16,17);1H. The number of benzene rings is 1. The first-order valence-electron chi connectivity index (χ1n) is 6.12. The summed E-state index contributed by atoms with van der Waals surface area (Å²) in [6.45, 7) is 5.45. The van der Waals surface area contributed by atoms with E-state index in [1.165, 1.54) is 6.07 Å². The maximum Gasteiger partial charge on any atom is 0.188 e. The van der Waals surface area contributed by atoms with Crippen LogP contribution in [0.2, 0.25) is 0 Å². The normalized spacial score (nSPS) is 10.8. The fourth-order valence-corrected chi connectivity index (χ4v) is 1.40. The molecule has 0 amide bonds. The minimum atomic E-state index is -0.371. The van der Waals surface area contributed by atoms with Crippen molar-refractivity contribution in [3.8, 4) is 5.75 Å². The Labute approximate surface area is 130 Å². The van der Waals surface area contributed by atoms with Crippen molar-refractivity contribution in [3.05, 3.63) is 29.6 Å². The number of nitrogens with one attached hydrogen (secondary N) is 1. The first kappa shape index (κ1) is 17.9. The van der Waals surface area contributed by atoms with Gasteiger partial charge in [-0.2, -0.15) is 0 Å². The Bertz CT molecular complexity index is 413. The molecule has 4 nitrogen and oxygen atoms in total. The molecule has 0 radical (unpaired) electrons. The average molecular weight is 381 g/mol.